The van der Waals surface area contributed by atoms with Gasteiger partial charge in [0.05, 0.1) is 16.8 Å². The molecule has 4 nitrogen and oxygen atoms in total. The zero-order chi connectivity index (χ0) is 14.7. The number of rotatable bonds is 3. The van der Waals surface area contributed by atoms with E-state index in [1.807, 2.05) is 18.2 Å². The lowest BCUT2D eigenvalue weighted by Gasteiger charge is -2.23. The fourth-order valence-electron chi connectivity index (χ4n) is 2.67. The highest BCUT2D eigenvalue weighted by Crippen LogP contribution is 2.25. The summed E-state index contributed by atoms with van der Waals surface area (Å²) in [6, 6.07) is 6.24. The van der Waals surface area contributed by atoms with Crippen LogP contribution in [0.15, 0.2) is 23.2 Å². The highest BCUT2D eigenvalue weighted by atomic mass is 127. The molecule has 1 heterocycles. The molecule has 0 unspecified atom stereocenters. The molecule has 1 fully saturated rings. The summed E-state index contributed by atoms with van der Waals surface area (Å²) in [7, 11) is 0. The fourth-order valence-corrected chi connectivity index (χ4v) is 3.71. The van der Waals surface area contributed by atoms with E-state index in [4.69, 9.17) is 17.3 Å². The molecule has 0 radical (unpaired) electrons. The largest absolute Gasteiger partial charge is 0.370 e. The smallest absolute Gasteiger partial charge is 0.189 e. The molecule has 1 saturated carbocycles. The Morgan fingerprint density at radius 3 is 2.91 bits per heavy atom. The van der Waals surface area contributed by atoms with E-state index in [-0.39, 0.29) is 24.0 Å². The molecular formula is C15H20ClIN4S. The average Bonchev–Trinajstić information content (AvgIpc) is 2.88. The van der Waals surface area contributed by atoms with Gasteiger partial charge in [0.1, 0.15) is 5.01 Å². The topological polar surface area (TPSA) is 63.3 Å². The van der Waals surface area contributed by atoms with Crippen LogP contribution in [-0.4, -0.2) is 17.0 Å². The van der Waals surface area contributed by atoms with Gasteiger partial charge in [-0.05, 0) is 31.0 Å². The van der Waals surface area contributed by atoms with Gasteiger partial charge >= 0.3 is 0 Å². The van der Waals surface area contributed by atoms with E-state index in [1.165, 1.54) is 32.1 Å². The molecular weight excluding hydrogens is 431 g/mol. The van der Waals surface area contributed by atoms with Crippen molar-refractivity contribution in [3.8, 4) is 0 Å². The lowest BCUT2D eigenvalue weighted by molar-refractivity contribution is 0.412. The summed E-state index contributed by atoms with van der Waals surface area (Å²) in [6.45, 7) is 0.516. The van der Waals surface area contributed by atoms with Gasteiger partial charge in [0.2, 0.25) is 0 Å². The molecule has 2 aromatic rings. The van der Waals surface area contributed by atoms with Gasteiger partial charge in [-0.2, -0.15) is 0 Å². The average molecular weight is 451 g/mol. The van der Waals surface area contributed by atoms with Crippen molar-refractivity contribution in [3.63, 3.8) is 0 Å². The van der Waals surface area contributed by atoms with Gasteiger partial charge in [0.15, 0.2) is 5.96 Å². The van der Waals surface area contributed by atoms with Crippen LogP contribution < -0.4 is 11.1 Å². The fraction of sp³-hybridized carbons (Fsp3) is 0.467. The van der Waals surface area contributed by atoms with Crippen molar-refractivity contribution in [2.24, 2.45) is 10.7 Å². The molecule has 0 bridgehead atoms. The van der Waals surface area contributed by atoms with E-state index in [9.17, 15) is 0 Å². The lowest BCUT2D eigenvalue weighted by Crippen LogP contribution is -2.41. The summed E-state index contributed by atoms with van der Waals surface area (Å²) in [6.07, 6.45) is 6.28. The number of guanidine groups is 1. The number of thiazole rings is 1. The van der Waals surface area contributed by atoms with Crippen molar-refractivity contribution in [1.29, 1.82) is 0 Å². The van der Waals surface area contributed by atoms with Crippen LogP contribution in [0, 0.1) is 0 Å². The molecule has 22 heavy (non-hydrogen) atoms. The van der Waals surface area contributed by atoms with Gasteiger partial charge in [0, 0.05) is 11.1 Å². The van der Waals surface area contributed by atoms with Gasteiger partial charge in [-0.3, -0.25) is 0 Å². The number of benzene rings is 1. The van der Waals surface area contributed by atoms with E-state index in [1.54, 1.807) is 11.3 Å². The molecule has 0 atom stereocenters. The molecule has 120 valence electrons. The predicted molar refractivity (Wildman–Crippen MR) is 105 cm³/mol. The van der Waals surface area contributed by atoms with E-state index in [0.717, 1.165) is 15.2 Å². The van der Waals surface area contributed by atoms with Crippen LogP contribution in [0.5, 0.6) is 0 Å². The van der Waals surface area contributed by atoms with Crippen molar-refractivity contribution < 1.29 is 0 Å². The molecule has 0 amide bonds. The van der Waals surface area contributed by atoms with Gasteiger partial charge < -0.3 is 11.1 Å². The molecule has 3 rings (SSSR count). The number of aromatic nitrogens is 1. The Morgan fingerprint density at radius 1 is 1.36 bits per heavy atom. The molecule has 3 N–H and O–H groups in total. The first-order chi connectivity index (χ1) is 10.2. The number of nitrogens with zero attached hydrogens (tertiary/aromatic N) is 2. The SMILES string of the molecule is I.NC(=NCc1nc2cc(Cl)ccc2s1)NC1CCCCC1. The quantitative estimate of drug-likeness (QED) is 0.416. The van der Waals surface area contributed by atoms with E-state index < -0.39 is 0 Å². The highest BCUT2D eigenvalue weighted by molar-refractivity contribution is 14.0. The number of nitrogens with two attached hydrogens (primary N) is 1. The minimum atomic E-state index is 0. The first-order valence-corrected chi connectivity index (χ1v) is 8.51. The third kappa shape index (κ3) is 4.70. The van der Waals surface area contributed by atoms with Gasteiger partial charge in [-0.1, -0.05) is 30.9 Å². The van der Waals surface area contributed by atoms with Crippen LogP contribution in [0.3, 0.4) is 0 Å². The van der Waals surface area contributed by atoms with Crippen molar-refractivity contribution in [1.82, 2.24) is 10.3 Å². The summed E-state index contributed by atoms with van der Waals surface area (Å²) in [5, 5.41) is 4.98. The summed E-state index contributed by atoms with van der Waals surface area (Å²) in [5.74, 6) is 0.527. The van der Waals surface area contributed by atoms with Crippen molar-refractivity contribution in [2.45, 2.75) is 44.7 Å². The Morgan fingerprint density at radius 2 is 2.14 bits per heavy atom. The number of fused-ring (bicyclic) bond motifs is 1. The minimum Gasteiger partial charge on any atom is -0.370 e. The van der Waals surface area contributed by atoms with Crippen molar-refractivity contribution >= 4 is 63.1 Å². The Kier molecular flexibility index (Phi) is 6.70. The summed E-state index contributed by atoms with van der Waals surface area (Å²) in [5.41, 5.74) is 6.89. The van der Waals surface area contributed by atoms with Crippen LogP contribution in [0.2, 0.25) is 5.02 Å². The number of halogens is 2. The maximum absolute atomic E-state index is 5.97. The van der Waals surface area contributed by atoms with Crippen LogP contribution in [0.25, 0.3) is 10.2 Å². The van der Waals surface area contributed by atoms with Crippen LogP contribution >= 0.6 is 46.9 Å². The van der Waals surface area contributed by atoms with Gasteiger partial charge in [0.25, 0.3) is 0 Å². The van der Waals surface area contributed by atoms with Crippen molar-refractivity contribution in [2.75, 3.05) is 0 Å². The summed E-state index contributed by atoms with van der Waals surface area (Å²) in [4.78, 5) is 8.94. The molecule has 1 aromatic heterocycles. The summed E-state index contributed by atoms with van der Waals surface area (Å²) < 4.78 is 1.13. The van der Waals surface area contributed by atoms with E-state index in [0.29, 0.717) is 23.6 Å². The Bertz CT molecular complexity index is 652. The Labute approximate surface area is 156 Å². The van der Waals surface area contributed by atoms with Gasteiger partial charge in [-0.15, -0.1) is 35.3 Å². The number of hydrogen-bond donors (Lipinski definition) is 2. The lowest BCUT2D eigenvalue weighted by atomic mass is 9.96. The molecule has 0 aliphatic heterocycles. The predicted octanol–water partition coefficient (Wildman–Crippen LogP) is 4.30. The number of hydrogen-bond acceptors (Lipinski definition) is 3. The monoisotopic (exact) mass is 450 g/mol. The minimum absolute atomic E-state index is 0. The standard InChI is InChI=1S/C15H19ClN4S.HI/c16-10-6-7-13-12(8-10)20-14(21-13)9-18-15(17)19-11-4-2-1-3-5-11;/h6-8,11H,1-5,9H2,(H3,17,18,19);1H. The van der Waals surface area contributed by atoms with E-state index >= 15 is 0 Å². The Balaban J connectivity index is 0.00000176. The molecule has 7 heteroatoms. The third-order valence-electron chi connectivity index (χ3n) is 3.74. The van der Waals surface area contributed by atoms with Crippen LogP contribution in [-0.2, 0) is 6.54 Å². The molecule has 0 spiro atoms. The third-order valence-corrected chi connectivity index (χ3v) is 4.99. The molecule has 1 aromatic carbocycles. The van der Waals surface area contributed by atoms with Crippen LogP contribution in [0.4, 0.5) is 0 Å². The second-order valence-corrected chi connectivity index (χ2v) is 6.95. The molecule has 1 aliphatic carbocycles. The number of nitrogens with one attached hydrogen (secondary N) is 1. The van der Waals surface area contributed by atoms with Crippen molar-refractivity contribution in [3.05, 3.63) is 28.2 Å². The second kappa shape index (κ2) is 8.31. The zero-order valence-corrected chi connectivity index (χ0v) is 16.1. The highest BCUT2D eigenvalue weighted by Gasteiger charge is 2.13. The zero-order valence-electron chi connectivity index (χ0n) is 12.2. The second-order valence-electron chi connectivity index (χ2n) is 5.40. The van der Waals surface area contributed by atoms with E-state index in [2.05, 4.69) is 15.3 Å². The first-order valence-electron chi connectivity index (χ1n) is 7.32. The molecule has 1 aliphatic rings. The maximum atomic E-state index is 5.97. The normalized spacial score (nSPS) is 16.5. The molecule has 0 saturated heterocycles. The maximum Gasteiger partial charge on any atom is 0.189 e. The van der Waals surface area contributed by atoms with Crippen LogP contribution in [0.1, 0.15) is 37.1 Å². The number of aliphatic imine (C=N–C) groups is 1. The van der Waals surface area contributed by atoms with Gasteiger partial charge in [-0.25, -0.2) is 9.98 Å². The summed E-state index contributed by atoms with van der Waals surface area (Å²) >= 11 is 7.60. The first kappa shape index (κ1) is 17.7. The Hall–Kier alpha value is -0.600.